The van der Waals surface area contributed by atoms with Crippen molar-refractivity contribution in [2.75, 3.05) is 24.5 Å². The molecule has 44 heavy (non-hydrogen) atoms. The molecule has 4 heterocycles. The van der Waals surface area contributed by atoms with Crippen molar-refractivity contribution >= 4 is 44.4 Å². The van der Waals surface area contributed by atoms with Crippen molar-refractivity contribution < 1.29 is 18.7 Å². The van der Waals surface area contributed by atoms with E-state index in [4.69, 9.17) is 4.42 Å². The predicted octanol–water partition coefficient (Wildman–Crippen LogP) is 4.85. The van der Waals surface area contributed by atoms with Crippen LogP contribution >= 0.6 is 0 Å². The number of phenolic OH excluding ortho intramolecular Hbond substituents is 1. The normalized spacial score (nSPS) is 15.6. The SMILES string of the molecule is C=CC(=O)N1CCN(c2nc(=O)n(-c3c(C)ccnc3C(C)C)c3c2cc(C)c2c4c(F)ccc(O)c4oc(=O)c23)[C@@H](C)C1. The van der Waals surface area contributed by atoms with Crippen LogP contribution < -0.4 is 16.2 Å². The number of aryl methyl sites for hydroxylation is 2. The van der Waals surface area contributed by atoms with Gasteiger partial charge in [0.25, 0.3) is 0 Å². The van der Waals surface area contributed by atoms with Gasteiger partial charge in [-0.25, -0.2) is 14.0 Å². The van der Waals surface area contributed by atoms with E-state index in [-0.39, 0.29) is 50.9 Å². The Balaban J connectivity index is 1.81. The maximum atomic E-state index is 15.5. The van der Waals surface area contributed by atoms with Gasteiger partial charge in [-0.1, -0.05) is 20.4 Å². The zero-order valence-corrected chi connectivity index (χ0v) is 25.1. The van der Waals surface area contributed by atoms with Crippen molar-refractivity contribution in [1.82, 2.24) is 19.4 Å². The van der Waals surface area contributed by atoms with E-state index in [1.807, 2.05) is 32.6 Å². The van der Waals surface area contributed by atoms with Gasteiger partial charge in [0, 0.05) is 42.6 Å². The molecule has 0 unspecified atom stereocenters. The molecule has 0 aliphatic carbocycles. The Labute approximate surface area is 251 Å². The zero-order valence-electron chi connectivity index (χ0n) is 25.1. The third kappa shape index (κ3) is 4.33. The van der Waals surface area contributed by atoms with Crippen molar-refractivity contribution in [3.8, 4) is 11.4 Å². The molecule has 0 radical (unpaired) electrons. The lowest BCUT2D eigenvalue weighted by atomic mass is 9.97. The highest BCUT2D eigenvalue weighted by Crippen LogP contribution is 2.39. The average Bonchev–Trinajstić information content (AvgIpc) is 2.98. The van der Waals surface area contributed by atoms with Crippen molar-refractivity contribution in [2.45, 2.75) is 46.6 Å². The van der Waals surface area contributed by atoms with E-state index >= 15 is 4.39 Å². The molecule has 1 aliphatic rings. The molecule has 1 N–H and O–H groups in total. The topological polar surface area (TPSA) is 122 Å². The van der Waals surface area contributed by atoms with E-state index in [2.05, 4.69) is 16.5 Å². The molecule has 1 atom stereocenters. The molecule has 10 nitrogen and oxygen atoms in total. The number of hydrogen-bond donors (Lipinski definition) is 1. The van der Waals surface area contributed by atoms with Gasteiger partial charge >= 0.3 is 11.3 Å². The Hall–Kier alpha value is -5.06. The Morgan fingerprint density at radius 2 is 1.89 bits per heavy atom. The number of pyridine rings is 1. The number of fused-ring (bicyclic) bond motifs is 5. The molecule has 3 aromatic heterocycles. The van der Waals surface area contributed by atoms with Crippen molar-refractivity contribution in [3.05, 3.63) is 86.7 Å². The number of amides is 1. The van der Waals surface area contributed by atoms with E-state index in [9.17, 15) is 19.5 Å². The number of nitrogens with zero attached hydrogens (tertiary/aromatic N) is 5. The van der Waals surface area contributed by atoms with Gasteiger partial charge in [0.1, 0.15) is 11.6 Å². The Morgan fingerprint density at radius 3 is 2.57 bits per heavy atom. The highest BCUT2D eigenvalue weighted by Gasteiger charge is 2.31. The fourth-order valence-corrected chi connectivity index (χ4v) is 6.37. The quantitative estimate of drug-likeness (QED) is 0.177. The summed E-state index contributed by atoms with van der Waals surface area (Å²) in [7, 11) is 0. The summed E-state index contributed by atoms with van der Waals surface area (Å²) < 4.78 is 22.4. The number of rotatable bonds is 4. The van der Waals surface area contributed by atoms with Crippen LogP contribution in [0.5, 0.6) is 5.75 Å². The first-order chi connectivity index (χ1) is 20.9. The number of benzene rings is 2. The summed E-state index contributed by atoms with van der Waals surface area (Å²) in [6.45, 7) is 14.1. The van der Waals surface area contributed by atoms with Crippen molar-refractivity contribution in [2.24, 2.45) is 0 Å². The van der Waals surface area contributed by atoms with Gasteiger partial charge in [0.05, 0.1) is 27.7 Å². The molecule has 226 valence electrons. The molecule has 6 rings (SSSR count). The van der Waals surface area contributed by atoms with Gasteiger partial charge in [-0.15, -0.1) is 0 Å². The molecule has 1 saturated heterocycles. The van der Waals surface area contributed by atoms with Crippen LogP contribution in [0.1, 0.15) is 43.5 Å². The third-order valence-corrected chi connectivity index (χ3v) is 8.40. The highest BCUT2D eigenvalue weighted by atomic mass is 19.1. The number of anilines is 1. The Kier molecular flexibility index (Phi) is 6.98. The van der Waals surface area contributed by atoms with Gasteiger partial charge < -0.3 is 19.3 Å². The fraction of sp³-hybridized carbons (Fsp3) is 0.303. The molecule has 0 bridgehead atoms. The largest absolute Gasteiger partial charge is 0.504 e. The number of hydrogen-bond acceptors (Lipinski definition) is 8. The van der Waals surface area contributed by atoms with Gasteiger partial charge in [-0.05, 0) is 68.2 Å². The summed E-state index contributed by atoms with van der Waals surface area (Å²) in [5.74, 6) is -0.999. The number of halogens is 1. The highest BCUT2D eigenvalue weighted by molar-refractivity contribution is 6.18. The van der Waals surface area contributed by atoms with Crippen LogP contribution in [0.25, 0.3) is 38.3 Å². The molecule has 0 spiro atoms. The van der Waals surface area contributed by atoms with Crippen molar-refractivity contribution in [3.63, 3.8) is 0 Å². The van der Waals surface area contributed by atoms with Crippen LogP contribution in [-0.4, -0.2) is 56.1 Å². The van der Waals surface area contributed by atoms with Crippen LogP contribution in [0.2, 0.25) is 0 Å². The second-order valence-corrected chi connectivity index (χ2v) is 11.6. The maximum Gasteiger partial charge on any atom is 0.354 e. The molecule has 1 amide bonds. The zero-order chi connectivity index (χ0) is 31.6. The minimum Gasteiger partial charge on any atom is -0.504 e. The van der Waals surface area contributed by atoms with E-state index in [0.717, 1.165) is 17.7 Å². The lowest BCUT2D eigenvalue weighted by Crippen LogP contribution is -2.54. The molecule has 11 heteroatoms. The summed E-state index contributed by atoms with van der Waals surface area (Å²) in [5, 5.41) is 11.1. The second-order valence-electron chi connectivity index (χ2n) is 11.6. The fourth-order valence-electron chi connectivity index (χ4n) is 6.37. The Bertz CT molecular complexity index is 2150. The monoisotopic (exact) mass is 597 g/mol. The summed E-state index contributed by atoms with van der Waals surface area (Å²) in [6.07, 6.45) is 2.94. The van der Waals surface area contributed by atoms with Crippen LogP contribution in [0, 0.1) is 19.7 Å². The molecular formula is C33H32FN5O5. The number of aromatic hydroxyl groups is 1. The van der Waals surface area contributed by atoms with Gasteiger partial charge in [0.15, 0.2) is 11.3 Å². The molecule has 5 aromatic rings. The van der Waals surface area contributed by atoms with E-state index in [0.29, 0.717) is 47.8 Å². The first-order valence-corrected chi connectivity index (χ1v) is 14.4. The summed E-state index contributed by atoms with van der Waals surface area (Å²) in [4.78, 5) is 53.3. The lowest BCUT2D eigenvalue weighted by molar-refractivity contribution is -0.126. The van der Waals surface area contributed by atoms with Gasteiger partial charge in [-0.2, -0.15) is 4.98 Å². The molecule has 1 aliphatic heterocycles. The van der Waals surface area contributed by atoms with Gasteiger partial charge in [0.2, 0.25) is 5.91 Å². The first kappa shape index (κ1) is 29.0. The summed E-state index contributed by atoms with van der Waals surface area (Å²) in [6, 6.07) is 5.57. The summed E-state index contributed by atoms with van der Waals surface area (Å²) >= 11 is 0. The van der Waals surface area contributed by atoms with Crippen LogP contribution in [0.15, 0.2) is 57.1 Å². The standard InChI is InChI=1S/C33H32FN5O5/c1-7-23(41)37-12-13-38(19(6)15-37)31-20-14-18(5)24-25-21(34)8-9-22(40)30(25)44-32(42)26(24)29(20)39(33(43)36-31)28-17(4)10-11-35-27(28)16(2)3/h7-11,14,16,19,40H,1,12-13,15H2,2-6H3/t19-/m0/s1. The number of phenols is 1. The number of carbonyl (C=O) groups is 1. The van der Waals surface area contributed by atoms with E-state index in [1.54, 1.807) is 30.2 Å². The maximum absolute atomic E-state index is 15.5. The molecule has 2 aromatic carbocycles. The van der Waals surface area contributed by atoms with Crippen molar-refractivity contribution in [1.29, 1.82) is 0 Å². The van der Waals surface area contributed by atoms with Gasteiger partial charge in [-0.3, -0.25) is 14.3 Å². The van der Waals surface area contributed by atoms with Crippen LogP contribution in [-0.2, 0) is 4.79 Å². The average molecular weight is 598 g/mol. The number of aromatic nitrogens is 3. The minimum atomic E-state index is -0.838. The number of carbonyl (C=O) groups excluding carboxylic acids is 1. The van der Waals surface area contributed by atoms with E-state index < -0.39 is 17.1 Å². The summed E-state index contributed by atoms with van der Waals surface area (Å²) in [5.41, 5.74) is 0.803. The molecular weight excluding hydrogens is 565 g/mol. The number of piperazine rings is 1. The van der Waals surface area contributed by atoms with Crippen LogP contribution in [0.3, 0.4) is 0 Å². The molecule has 1 fully saturated rings. The lowest BCUT2D eigenvalue weighted by Gasteiger charge is -2.40. The third-order valence-electron chi connectivity index (χ3n) is 8.40. The smallest absolute Gasteiger partial charge is 0.354 e. The second kappa shape index (κ2) is 10.6. The van der Waals surface area contributed by atoms with Crippen LogP contribution in [0.4, 0.5) is 10.2 Å². The first-order valence-electron chi connectivity index (χ1n) is 14.4. The minimum absolute atomic E-state index is 0.0103. The van der Waals surface area contributed by atoms with E-state index in [1.165, 1.54) is 10.6 Å². The Morgan fingerprint density at radius 1 is 1.14 bits per heavy atom. The predicted molar refractivity (Wildman–Crippen MR) is 167 cm³/mol. The molecule has 0 saturated carbocycles.